The van der Waals surface area contributed by atoms with Gasteiger partial charge in [0.1, 0.15) is 5.65 Å². The fourth-order valence-corrected chi connectivity index (χ4v) is 3.08. The Kier molecular flexibility index (Phi) is 4.61. The lowest BCUT2D eigenvalue weighted by molar-refractivity contribution is 0.0938. The van der Waals surface area contributed by atoms with Crippen LogP contribution in [-0.4, -0.2) is 25.3 Å². The molecule has 0 aliphatic rings. The molecule has 28 heavy (non-hydrogen) atoms. The second kappa shape index (κ2) is 7.23. The van der Waals surface area contributed by atoms with Crippen LogP contribution in [0, 0.1) is 13.8 Å². The molecule has 1 amide bonds. The van der Waals surface area contributed by atoms with Crippen molar-refractivity contribution in [2.45, 2.75) is 26.8 Å². The highest BCUT2D eigenvalue weighted by Crippen LogP contribution is 2.26. The lowest BCUT2D eigenvalue weighted by atomic mass is 10.0. The number of carbonyl (C=O) groups is 1. The molecule has 140 valence electrons. The van der Waals surface area contributed by atoms with Crippen molar-refractivity contribution in [3.05, 3.63) is 83.8 Å². The van der Waals surface area contributed by atoms with E-state index < -0.39 is 0 Å². The molecule has 4 rings (SSSR count). The Morgan fingerprint density at radius 1 is 1.07 bits per heavy atom. The van der Waals surface area contributed by atoms with Gasteiger partial charge in [-0.2, -0.15) is 0 Å². The van der Waals surface area contributed by atoms with E-state index >= 15 is 0 Å². The summed E-state index contributed by atoms with van der Waals surface area (Å²) >= 11 is 0. The van der Waals surface area contributed by atoms with Gasteiger partial charge in [-0.25, -0.2) is 4.98 Å². The van der Waals surface area contributed by atoms with E-state index in [2.05, 4.69) is 32.4 Å². The molecule has 0 bridgehead atoms. The summed E-state index contributed by atoms with van der Waals surface area (Å²) in [6.07, 6.45) is 8.77. The molecule has 1 N–H and O–H groups in total. The monoisotopic (exact) mass is 371 g/mol. The van der Waals surface area contributed by atoms with Gasteiger partial charge in [-0.15, -0.1) is 0 Å². The average molecular weight is 371 g/mol. The van der Waals surface area contributed by atoms with E-state index in [-0.39, 0.29) is 11.9 Å². The first-order chi connectivity index (χ1) is 13.5. The molecule has 0 unspecified atom stereocenters. The van der Waals surface area contributed by atoms with Crippen LogP contribution in [0.1, 0.15) is 40.3 Å². The third-order valence-electron chi connectivity index (χ3n) is 4.70. The minimum absolute atomic E-state index is 0.168. The molecular weight excluding hydrogens is 350 g/mol. The van der Waals surface area contributed by atoms with Crippen molar-refractivity contribution < 1.29 is 4.79 Å². The van der Waals surface area contributed by atoms with Gasteiger partial charge in [0.15, 0.2) is 0 Å². The van der Waals surface area contributed by atoms with Gasteiger partial charge in [-0.05, 0) is 32.4 Å². The first-order valence-corrected chi connectivity index (χ1v) is 9.14. The van der Waals surface area contributed by atoms with Gasteiger partial charge in [0.2, 0.25) is 0 Å². The highest BCUT2D eigenvalue weighted by molar-refractivity contribution is 5.96. The molecule has 3 aromatic heterocycles. The molecule has 0 saturated heterocycles. The average Bonchev–Trinajstić information content (AvgIpc) is 3.17. The highest BCUT2D eigenvalue weighted by atomic mass is 16.1. The number of imidazole rings is 1. The molecule has 6 nitrogen and oxygen atoms in total. The van der Waals surface area contributed by atoms with E-state index in [0.717, 1.165) is 28.2 Å². The number of hydrogen-bond donors (Lipinski definition) is 1. The number of rotatable bonds is 4. The number of nitrogens with zero attached hydrogens (tertiary/aromatic N) is 4. The zero-order valence-corrected chi connectivity index (χ0v) is 16.0. The molecule has 0 radical (unpaired) electrons. The first kappa shape index (κ1) is 17.9. The van der Waals surface area contributed by atoms with Gasteiger partial charge in [0.25, 0.3) is 5.91 Å². The number of pyridine rings is 1. The summed E-state index contributed by atoms with van der Waals surface area (Å²) in [6.45, 7) is 5.83. The number of nitrogens with one attached hydrogen (secondary N) is 1. The predicted octanol–water partition coefficient (Wildman–Crippen LogP) is 3.90. The van der Waals surface area contributed by atoms with Crippen LogP contribution < -0.4 is 5.32 Å². The van der Waals surface area contributed by atoms with Gasteiger partial charge in [-0.1, -0.05) is 29.8 Å². The molecule has 0 aliphatic carbocycles. The van der Waals surface area contributed by atoms with Gasteiger partial charge in [-0.3, -0.25) is 14.8 Å². The number of benzene rings is 1. The Labute approximate surface area is 163 Å². The fourth-order valence-electron chi connectivity index (χ4n) is 3.08. The molecule has 0 aliphatic heterocycles. The second-order valence-electron chi connectivity index (χ2n) is 6.94. The van der Waals surface area contributed by atoms with Crippen LogP contribution in [0.5, 0.6) is 0 Å². The summed E-state index contributed by atoms with van der Waals surface area (Å²) < 4.78 is 1.88. The van der Waals surface area contributed by atoms with E-state index in [1.54, 1.807) is 24.8 Å². The minimum atomic E-state index is -0.248. The maximum Gasteiger partial charge on any atom is 0.253 e. The number of amides is 1. The predicted molar refractivity (Wildman–Crippen MR) is 108 cm³/mol. The highest BCUT2D eigenvalue weighted by Gasteiger charge is 2.16. The van der Waals surface area contributed by atoms with Gasteiger partial charge < -0.3 is 9.72 Å². The lowest BCUT2D eigenvalue weighted by Gasteiger charge is -2.14. The van der Waals surface area contributed by atoms with Crippen LogP contribution in [0.25, 0.3) is 16.8 Å². The van der Waals surface area contributed by atoms with Crippen LogP contribution >= 0.6 is 0 Å². The lowest BCUT2D eigenvalue weighted by Crippen LogP contribution is -2.27. The topological polar surface area (TPSA) is 72.2 Å². The van der Waals surface area contributed by atoms with Crippen LogP contribution in [-0.2, 0) is 0 Å². The van der Waals surface area contributed by atoms with Crippen LogP contribution in [0.2, 0.25) is 0 Å². The second-order valence-corrected chi connectivity index (χ2v) is 6.94. The Morgan fingerprint density at radius 2 is 1.86 bits per heavy atom. The largest absolute Gasteiger partial charge is 0.344 e. The molecule has 6 heteroatoms. The molecule has 1 atom stereocenters. The van der Waals surface area contributed by atoms with Gasteiger partial charge in [0.05, 0.1) is 29.2 Å². The number of fused-ring (bicyclic) bond motifs is 1. The standard InChI is InChI=1S/C22H21N5O/c1-14-4-6-17(7-5-14)19-10-18(13-27-9-8-23-21(19)27)22(28)26-16(3)20-12-24-15(2)11-25-20/h4-13,16H,1-3H3,(H,26,28)/t16-/m1/s1. The minimum Gasteiger partial charge on any atom is -0.344 e. The van der Waals surface area contributed by atoms with Crippen molar-refractivity contribution in [2.75, 3.05) is 0 Å². The van der Waals surface area contributed by atoms with Crippen molar-refractivity contribution in [2.24, 2.45) is 0 Å². The molecule has 0 fully saturated rings. The SMILES string of the molecule is Cc1ccc(-c2cc(C(=O)N[C@H](C)c3cnc(C)cn3)cn3ccnc23)cc1. The van der Waals surface area contributed by atoms with E-state index in [0.29, 0.717) is 5.56 Å². The zero-order valence-electron chi connectivity index (χ0n) is 16.0. The Bertz CT molecular complexity index is 1130. The number of aryl methyl sites for hydroxylation is 2. The number of carbonyl (C=O) groups excluding carboxylic acids is 1. The quantitative estimate of drug-likeness (QED) is 0.590. The van der Waals surface area contributed by atoms with Crippen molar-refractivity contribution >= 4 is 11.6 Å². The van der Waals surface area contributed by atoms with Crippen molar-refractivity contribution in [3.8, 4) is 11.1 Å². The third-order valence-corrected chi connectivity index (χ3v) is 4.70. The van der Waals surface area contributed by atoms with E-state index in [4.69, 9.17) is 0 Å². The molecule has 3 heterocycles. The van der Waals surface area contributed by atoms with E-state index in [1.165, 1.54) is 5.56 Å². The summed E-state index contributed by atoms with van der Waals surface area (Å²) in [4.78, 5) is 25.9. The first-order valence-electron chi connectivity index (χ1n) is 9.14. The van der Waals surface area contributed by atoms with Gasteiger partial charge in [0, 0.05) is 30.4 Å². The zero-order chi connectivity index (χ0) is 19.7. The Hall–Kier alpha value is -3.54. The maximum atomic E-state index is 12.9. The Morgan fingerprint density at radius 3 is 2.57 bits per heavy atom. The number of hydrogen-bond acceptors (Lipinski definition) is 4. The molecule has 0 spiro atoms. The third kappa shape index (κ3) is 3.49. The Balaban J connectivity index is 1.67. The maximum absolute atomic E-state index is 12.9. The number of aromatic nitrogens is 4. The summed E-state index contributed by atoms with van der Waals surface area (Å²) in [5.74, 6) is -0.168. The van der Waals surface area contributed by atoms with Crippen molar-refractivity contribution in [1.29, 1.82) is 0 Å². The molecule has 4 aromatic rings. The smallest absolute Gasteiger partial charge is 0.253 e. The van der Waals surface area contributed by atoms with Gasteiger partial charge >= 0.3 is 0 Å². The summed E-state index contributed by atoms with van der Waals surface area (Å²) in [5.41, 5.74) is 6.07. The van der Waals surface area contributed by atoms with Crippen LogP contribution in [0.4, 0.5) is 0 Å². The van der Waals surface area contributed by atoms with E-state index in [1.807, 2.05) is 49.6 Å². The van der Waals surface area contributed by atoms with E-state index in [9.17, 15) is 4.79 Å². The fraction of sp³-hybridized carbons (Fsp3) is 0.182. The normalized spacial score (nSPS) is 12.1. The molecular formula is C22H21N5O. The van der Waals surface area contributed by atoms with Crippen molar-refractivity contribution in [3.63, 3.8) is 0 Å². The summed E-state index contributed by atoms with van der Waals surface area (Å²) in [6, 6.07) is 9.84. The summed E-state index contributed by atoms with van der Waals surface area (Å²) in [7, 11) is 0. The summed E-state index contributed by atoms with van der Waals surface area (Å²) in [5, 5.41) is 3.00. The molecule has 0 saturated carbocycles. The van der Waals surface area contributed by atoms with Crippen LogP contribution in [0.3, 0.4) is 0 Å². The molecule has 1 aromatic carbocycles. The van der Waals surface area contributed by atoms with Crippen molar-refractivity contribution in [1.82, 2.24) is 24.7 Å². The van der Waals surface area contributed by atoms with Crippen LogP contribution in [0.15, 0.2) is 61.3 Å².